The van der Waals surface area contributed by atoms with Crippen LogP contribution in [0.25, 0.3) is 10.8 Å². The quantitative estimate of drug-likeness (QED) is 0.596. The van der Waals surface area contributed by atoms with Crippen LogP contribution in [0.1, 0.15) is 44.0 Å². The first-order chi connectivity index (χ1) is 11.0. The Hall–Kier alpha value is -1.96. The summed E-state index contributed by atoms with van der Waals surface area (Å²) in [6, 6.07) is 13.7. The Kier molecular flexibility index (Phi) is 4.34. The molecule has 0 amide bonds. The van der Waals surface area contributed by atoms with Crippen molar-refractivity contribution in [1.29, 1.82) is 0 Å². The molecule has 0 aromatic heterocycles. The molecule has 0 aliphatic heterocycles. The standard InChI is InChI=1S/C21H24O2/c1-13(2)16-12-11-14(3)19(20(16)22)21(23)18-10-6-8-15-7-4-5-9-17(15)18/h4-10,13-14,16,19H,11-12H2,1-3H3/t14-,16+,19+/m1/s1. The molecule has 0 spiro atoms. The van der Waals surface area contributed by atoms with Gasteiger partial charge in [0.2, 0.25) is 0 Å². The van der Waals surface area contributed by atoms with Gasteiger partial charge in [-0.1, -0.05) is 63.2 Å². The van der Waals surface area contributed by atoms with Crippen LogP contribution in [0.4, 0.5) is 0 Å². The highest BCUT2D eigenvalue weighted by Gasteiger charge is 2.41. The lowest BCUT2D eigenvalue weighted by Crippen LogP contribution is -2.41. The van der Waals surface area contributed by atoms with E-state index in [9.17, 15) is 9.59 Å². The number of carbonyl (C=O) groups excluding carboxylic acids is 2. The van der Waals surface area contributed by atoms with E-state index in [0.29, 0.717) is 11.5 Å². The minimum absolute atomic E-state index is 0.00431. The molecule has 0 unspecified atom stereocenters. The Morgan fingerprint density at radius 2 is 1.74 bits per heavy atom. The Morgan fingerprint density at radius 3 is 2.48 bits per heavy atom. The molecule has 2 aromatic rings. The first-order valence-corrected chi connectivity index (χ1v) is 8.56. The van der Waals surface area contributed by atoms with Crippen molar-refractivity contribution in [3.63, 3.8) is 0 Å². The SMILES string of the molecule is CC(C)[C@@H]1CC[C@@H](C)[C@H](C(=O)c2cccc3ccccc23)C1=O. The van der Waals surface area contributed by atoms with Gasteiger partial charge in [0.15, 0.2) is 5.78 Å². The molecular formula is C21H24O2. The van der Waals surface area contributed by atoms with Gasteiger partial charge in [-0.25, -0.2) is 0 Å². The minimum atomic E-state index is -0.484. The van der Waals surface area contributed by atoms with E-state index in [1.807, 2.05) is 49.4 Å². The zero-order chi connectivity index (χ0) is 16.6. The van der Waals surface area contributed by atoms with Crippen LogP contribution in [0.5, 0.6) is 0 Å². The summed E-state index contributed by atoms with van der Waals surface area (Å²) in [5.74, 6) is 0.125. The Bertz CT molecular complexity index is 739. The van der Waals surface area contributed by atoms with Crippen molar-refractivity contribution >= 4 is 22.3 Å². The van der Waals surface area contributed by atoms with Crippen molar-refractivity contribution in [3.05, 3.63) is 48.0 Å². The molecular weight excluding hydrogens is 284 g/mol. The zero-order valence-electron chi connectivity index (χ0n) is 14.1. The summed E-state index contributed by atoms with van der Waals surface area (Å²) in [6.07, 6.45) is 1.87. The van der Waals surface area contributed by atoms with Gasteiger partial charge in [0.25, 0.3) is 0 Å². The first kappa shape index (κ1) is 15.9. The molecule has 0 saturated heterocycles. The molecule has 2 heteroatoms. The molecule has 1 aliphatic carbocycles. The Morgan fingerprint density at radius 1 is 1.04 bits per heavy atom. The molecule has 0 heterocycles. The second kappa shape index (κ2) is 6.27. The molecule has 2 aromatic carbocycles. The maximum absolute atomic E-state index is 13.2. The number of hydrogen-bond donors (Lipinski definition) is 0. The van der Waals surface area contributed by atoms with Gasteiger partial charge in [0.05, 0.1) is 5.92 Å². The number of ketones is 2. The van der Waals surface area contributed by atoms with E-state index < -0.39 is 5.92 Å². The van der Waals surface area contributed by atoms with Crippen LogP contribution in [0.3, 0.4) is 0 Å². The second-order valence-electron chi connectivity index (χ2n) is 7.18. The fraction of sp³-hybridized carbons (Fsp3) is 0.429. The van der Waals surface area contributed by atoms with Crippen LogP contribution in [0, 0.1) is 23.7 Å². The van der Waals surface area contributed by atoms with E-state index >= 15 is 0 Å². The lowest BCUT2D eigenvalue weighted by molar-refractivity contribution is -0.130. The third-order valence-corrected chi connectivity index (χ3v) is 5.32. The number of benzene rings is 2. The number of rotatable bonds is 3. The summed E-state index contributed by atoms with van der Waals surface area (Å²) in [4.78, 5) is 26.1. The number of fused-ring (bicyclic) bond motifs is 1. The van der Waals surface area contributed by atoms with E-state index in [-0.39, 0.29) is 23.4 Å². The minimum Gasteiger partial charge on any atom is -0.299 e. The summed E-state index contributed by atoms with van der Waals surface area (Å²) < 4.78 is 0. The van der Waals surface area contributed by atoms with Crippen molar-refractivity contribution in [3.8, 4) is 0 Å². The Labute approximate surface area is 137 Å². The smallest absolute Gasteiger partial charge is 0.174 e. The summed E-state index contributed by atoms with van der Waals surface area (Å²) in [5.41, 5.74) is 0.692. The van der Waals surface area contributed by atoms with Gasteiger partial charge >= 0.3 is 0 Å². The lowest BCUT2D eigenvalue weighted by atomic mass is 9.68. The van der Waals surface area contributed by atoms with Gasteiger partial charge in [-0.2, -0.15) is 0 Å². The van der Waals surface area contributed by atoms with Crippen LogP contribution >= 0.6 is 0 Å². The molecule has 23 heavy (non-hydrogen) atoms. The van der Waals surface area contributed by atoms with Gasteiger partial charge in [-0.05, 0) is 35.4 Å². The molecule has 120 valence electrons. The predicted octanol–water partition coefficient (Wildman–Crippen LogP) is 4.91. The van der Waals surface area contributed by atoms with E-state index in [0.717, 1.165) is 23.6 Å². The van der Waals surface area contributed by atoms with Crippen LogP contribution in [0.2, 0.25) is 0 Å². The van der Waals surface area contributed by atoms with E-state index in [1.165, 1.54) is 0 Å². The first-order valence-electron chi connectivity index (χ1n) is 8.56. The van der Waals surface area contributed by atoms with E-state index in [1.54, 1.807) is 0 Å². The summed E-state index contributed by atoms with van der Waals surface area (Å²) in [5, 5.41) is 2.00. The summed E-state index contributed by atoms with van der Waals surface area (Å²) in [7, 11) is 0. The average molecular weight is 308 g/mol. The average Bonchev–Trinajstić information content (AvgIpc) is 2.53. The van der Waals surface area contributed by atoms with Crippen LogP contribution in [-0.2, 0) is 4.79 Å². The summed E-state index contributed by atoms with van der Waals surface area (Å²) >= 11 is 0. The van der Waals surface area contributed by atoms with E-state index in [4.69, 9.17) is 0 Å². The zero-order valence-corrected chi connectivity index (χ0v) is 14.1. The van der Waals surface area contributed by atoms with Gasteiger partial charge in [-0.3, -0.25) is 9.59 Å². The molecule has 0 N–H and O–H groups in total. The predicted molar refractivity (Wildman–Crippen MR) is 93.5 cm³/mol. The van der Waals surface area contributed by atoms with Crippen LogP contribution in [-0.4, -0.2) is 11.6 Å². The maximum Gasteiger partial charge on any atom is 0.174 e. The number of carbonyl (C=O) groups is 2. The van der Waals surface area contributed by atoms with Crippen molar-refractivity contribution in [2.24, 2.45) is 23.7 Å². The van der Waals surface area contributed by atoms with Crippen LogP contribution < -0.4 is 0 Å². The van der Waals surface area contributed by atoms with Crippen molar-refractivity contribution in [2.45, 2.75) is 33.6 Å². The fourth-order valence-corrected chi connectivity index (χ4v) is 3.92. The summed E-state index contributed by atoms with van der Waals surface area (Å²) in [6.45, 7) is 6.21. The van der Waals surface area contributed by atoms with Gasteiger partial charge in [0, 0.05) is 11.5 Å². The molecule has 1 aliphatic rings. The normalized spacial score (nSPS) is 25.0. The number of hydrogen-bond acceptors (Lipinski definition) is 2. The Balaban J connectivity index is 2.02. The lowest BCUT2D eigenvalue weighted by Gasteiger charge is -2.34. The van der Waals surface area contributed by atoms with Crippen molar-refractivity contribution < 1.29 is 9.59 Å². The molecule has 0 radical (unpaired) electrons. The number of Topliss-reactive ketones (excluding diaryl/α,β-unsaturated/α-hetero) is 2. The van der Waals surface area contributed by atoms with Crippen LogP contribution in [0.15, 0.2) is 42.5 Å². The fourth-order valence-electron chi connectivity index (χ4n) is 3.92. The third-order valence-electron chi connectivity index (χ3n) is 5.32. The van der Waals surface area contributed by atoms with Gasteiger partial charge < -0.3 is 0 Å². The van der Waals surface area contributed by atoms with Crippen molar-refractivity contribution in [2.75, 3.05) is 0 Å². The molecule has 0 bridgehead atoms. The largest absolute Gasteiger partial charge is 0.299 e. The van der Waals surface area contributed by atoms with Gasteiger partial charge in [0.1, 0.15) is 5.78 Å². The molecule has 3 rings (SSSR count). The topological polar surface area (TPSA) is 34.1 Å². The highest BCUT2D eigenvalue weighted by molar-refractivity contribution is 6.17. The van der Waals surface area contributed by atoms with Crippen molar-refractivity contribution in [1.82, 2.24) is 0 Å². The second-order valence-corrected chi connectivity index (χ2v) is 7.18. The maximum atomic E-state index is 13.2. The highest BCUT2D eigenvalue weighted by atomic mass is 16.2. The molecule has 2 nitrogen and oxygen atoms in total. The molecule has 1 saturated carbocycles. The molecule has 3 atom stereocenters. The monoisotopic (exact) mass is 308 g/mol. The third kappa shape index (κ3) is 2.83. The van der Waals surface area contributed by atoms with Gasteiger partial charge in [-0.15, -0.1) is 0 Å². The highest BCUT2D eigenvalue weighted by Crippen LogP contribution is 2.37. The van der Waals surface area contributed by atoms with E-state index in [2.05, 4.69) is 13.8 Å². The molecule has 1 fully saturated rings.